The lowest BCUT2D eigenvalue weighted by Crippen LogP contribution is -2.19. The van der Waals surface area contributed by atoms with Gasteiger partial charge in [-0.1, -0.05) is 41.7 Å². The maximum absolute atomic E-state index is 5.52. The number of amidine groups is 1. The predicted octanol–water partition coefficient (Wildman–Crippen LogP) is 3.57. The molecule has 6 heteroatoms. The molecule has 25 heavy (non-hydrogen) atoms. The summed E-state index contributed by atoms with van der Waals surface area (Å²) in [7, 11) is 1.70. The highest BCUT2D eigenvalue weighted by Gasteiger charge is 2.14. The average molecular weight is 348 g/mol. The molecule has 5 nitrogen and oxygen atoms in total. The van der Waals surface area contributed by atoms with Crippen LogP contribution in [0.2, 0.25) is 0 Å². The fourth-order valence-electron chi connectivity index (χ4n) is 3.21. The average Bonchev–Trinajstić information content (AvgIpc) is 3.37. The molecule has 0 unspecified atom stereocenters. The summed E-state index contributed by atoms with van der Waals surface area (Å²) in [5.74, 6) is 1.85. The zero-order chi connectivity index (χ0) is 16.8. The smallest absolute Gasteiger partial charge is 0.195 e. The van der Waals surface area contributed by atoms with E-state index in [1.807, 2.05) is 12.1 Å². The van der Waals surface area contributed by atoms with Crippen molar-refractivity contribution >= 4 is 32.3 Å². The van der Waals surface area contributed by atoms with Gasteiger partial charge in [0.15, 0.2) is 4.96 Å². The van der Waals surface area contributed by atoms with Crippen molar-refractivity contribution in [1.82, 2.24) is 14.7 Å². The monoisotopic (exact) mass is 348 g/mol. The zero-order valence-corrected chi connectivity index (χ0v) is 14.5. The molecule has 2 aromatic carbocycles. The Labute approximate surface area is 148 Å². The molecule has 3 heterocycles. The zero-order valence-electron chi connectivity index (χ0n) is 13.7. The Morgan fingerprint density at radius 2 is 1.96 bits per heavy atom. The molecule has 1 N–H and O–H groups in total. The first-order valence-electron chi connectivity index (χ1n) is 8.17. The molecule has 0 fully saturated rings. The lowest BCUT2D eigenvalue weighted by Gasteiger charge is -2.03. The van der Waals surface area contributed by atoms with Gasteiger partial charge in [-0.3, -0.25) is 9.39 Å². The number of imidazole rings is 1. The summed E-state index contributed by atoms with van der Waals surface area (Å²) < 4.78 is 8.81. The number of hydrogen-bond acceptors (Lipinski definition) is 5. The quantitative estimate of drug-likeness (QED) is 0.616. The van der Waals surface area contributed by atoms with E-state index in [2.05, 4.69) is 51.2 Å². The van der Waals surface area contributed by atoms with Crippen LogP contribution in [0.1, 0.15) is 5.56 Å². The van der Waals surface area contributed by atoms with Crippen LogP contribution in [0.15, 0.2) is 53.7 Å². The van der Waals surface area contributed by atoms with Crippen molar-refractivity contribution in [2.75, 3.05) is 20.2 Å². The number of ether oxygens (including phenoxy) is 1. The van der Waals surface area contributed by atoms with Crippen LogP contribution in [0.5, 0.6) is 5.75 Å². The van der Waals surface area contributed by atoms with Crippen LogP contribution < -0.4 is 10.1 Å². The molecular formula is C19H16N4OS. The van der Waals surface area contributed by atoms with Crippen molar-refractivity contribution in [3.05, 3.63) is 54.2 Å². The highest BCUT2D eigenvalue weighted by atomic mass is 32.1. The molecule has 0 saturated heterocycles. The summed E-state index contributed by atoms with van der Waals surface area (Å²) in [5, 5.41) is 3.30. The minimum Gasteiger partial charge on any atom is -0.495 e. The van der Waals surface area contributed by atoms with E-state index in [4.69, 9.17) is 9.72 Å². The molecule has 124 valence electrons. The number of methoxy groups -OCH3 is 1. The number of nitrogens with one attached hydrogen (secondary N) is 1. The van der Waals surface area contributed by atoms with E-state index in [0.29, 0.717) is 0 Å². The van der Waals surface area contributed by atoms with Gasteiger partial charge in [0.2, 0.25) is 0 Å². The molecule has 0 aliphatic carbocycles. The van der Waals surface area contributed by atoms with Crippen LogP contribution >= 0.6 is 11.3 Å². The molecule has 5 rings (SSSR count). The highest BCUT2D eigenvalue weighted by Crippen LogP contribution is 2.34. The largest absolute Gasteiger partial charge is 0.495 e. The number of aromatic nitrogens is 2. The standard InChI is InChI=1S/C19H16N4OS/c1-24-15-3-2-4-16-17(15)23-11-14(22-19(23)25-16)12-5-7-13(8-6-12)18-20-9-10-21-18/h2-8,11H,9-10H2,1H3,(H,20,21). The Morgan fingerprint density at radius 3 is 2.72 bits per heavy atom. The summed E-state index contributed by atoms with van der Waals surface area (Å²) in [6, 6.07) is 14.5. The normalized spacial score (nSPS) is 14.0. The van der Waals surface area contributed by atoms with Crippen LogP contribution in [0.25, 0.3) is 26.4 Å². The molecule has 1 aliphatic rings. The van der Waals surface area contributed by atoms with Gasteiger partial charge in [-0.2, -0.15) is 0 Å². The van der Waals surface area contributed by atoms with Crippen molar-refractivity contribution in [3.63, 3.8) is 0 Å². The maximum atomic E-state index is 5.52. The molecule has 0 amide bonds. The third-order valence-corrected chi connectivity index (χ3v) is 5.45. The Balaban J connectivity index is 1.59. The Morgan fingerprint density at radius 1 is 1.12 bits per heavy atom. The number of benzene rings is 2. The third kappa shape index (κ3) is 2.29. The Hall–Kier alpha value is -2.86. The number of aliphatic imine (C=N–C) groups is 1. The van der Waals surface area contributed by atoms with Crippen molar-refractivity contribution in [3.8, 4) is 17.0 Å². The summed E-state index contributed by atoms with van der Waals surface area (Å²) in [4.78, 5) is 10.2. The number of hydrogen-bond donors (Lipinski definition) is 1. The topological polar surface area (TPSA) is 50.9 Å². The lowest BCUT2D eigenvalue weighted by molar-refractivity contribution is 0.418. The molecule has 0 spiro atoms. The van der Waals surface area contributed by atoms with Gasteiger partial charge in [0, 0.05) is 23.9 Å². The van der Waals surface area contributed by atoms with Crippen LogP contribution in [0.3, 0.4) is 0 Å². The molecule has 0 saturated carbocycles. The Bertz CT molecular complexity index is 1110. The first kappa shape index (κ1) is 14.5. The summed E-state index contributed by atoms with van der Waals surface area (Å²) >= 11 is 1.67. The first-order chi connectivity index (χ1) is 12.3. The fourth-order valence-corrected chi connectivity index (χ4v) is 4.23. The second-order valence-electron chi connectivity index (χ2n) is 5.92. The van der Waals surface area contributed by atoms with Gasteiger partial charge in [-0.05, 0) is 12.1 Å². The number of fused-ring (bicyclic) bond motifs is 3. The van der Waals surface area contributed by atoms with Crippen molar-refractivity contribution < 1.29 is 4.74 Å². The molecule has 0 atom stereocenters. The number of rotatable bonds is 3. The van der Waals surface area contributed by atoms with Gasteiger partial charge in [0.1, 0.15) is 17.1 Å². The van der Waals surface area contributed by atoms with E-state index in [-0.39, 0.29) is 0 Å². The summed E-state index contributed by atoms with van der Waals surface area (Å²) in [6.45, 7) is 1.77. The third-order valence-electron chi connectivity index (χ3n) is 4.43. The van der Waals surface area contributed by atoms with Crippen LogP contribution in [0.4, 0.5) is 0 Å². The lowest BCUT2D eigenvalue weighted by atomic mass is 10.1. The molecule has 1 aliphatic heterocycles. The van der Waals surface area contributed by atoms with Crippen LogP contribution in [-0.2, 0) is 0 Å². The predicted molar refractivity (Wildman–Crippen MR) is 102 cm³/mol. The Kier molecular flexibility index (Phi) is 3.24. The summed E-state index contributed by atoms with van der Waals surface area (Å²) in [6.07, 6.45) is 2.08. The number of thiazole rings is 1. The first-order valence-corrected chi connectivity index (χ1v) is 8.99. The van der Waals surface area contributed by atoms with Gasteiger partial charge < -0.3 is 10.1 Å². The van der Waals surface area contributed by atoms with E-state index < -0.39 is 0 Å². The van der Waals surface area contributed by atoms with E-state index in [0.717, 1.165) is 52.0 Å². The van der Waals surface area contributed by atoms with E-state index >= 15 is 0 Å². The van der Waals surface area contributed by atoms with E-state index in [1.54, 1.807) is 18.4 Å². The SMILES string of the molecule is COc1cccc2sc3nc(-c4ccc(C5=NCCN5)cc4)cn3c12. The van der Waals surface area contributed by atoms with Gasteiger partial charge in [-0.25, -0.2) is 4.98 Å². The van der Waals surface area contributed by atoms with E-state index in [1.165, 1.54) is 4.70 Å². The van der Waals surface area contributed by atoms with E-state index in [9.17, 15) is 0 Å². The van der Waals surface area contributed by atoms with Crippen LogP contribution in [0, 0.1) is 0 Å². The van der Waals surface area contributed by atoms with Crippen molar-refractivity contribution in [1.29, 1.82) is 0 Å². The number of nitrogens with zero attached hydrogens (tertiary/aromatic N) is 3. The van der Waals surface area contributed by atoms with Gasteiger partial charge in [-0.15, -0.1) is 0 Å². The summed E-state index contributed by atoms with van der Waals surface area (Å²) in [5.41, 5.74) is 4.26. The van der Waals surface area contributed by atoms with Crippen molar-refractivity contribution in [2.45, 2.75) is 0 Å². The molecule has 0 bridgehead atoms. The van der Waals surface area contributed by atoms with Gasteiger partial charge >= 0.3 is 0 Å². The molecular weight excluding hydrogens is 332 g/mol. The van der Waals surface area contributed by atoms with Crippen molar-refractivity contribution in [2.24, 2.45) is 4.99 Å². The molecule has 2 aromatic heterocycles. The fraction of sp³-hybridized carbons (Fsp3) is 0.158. The van der Waals surface area contributed by atoms with Gasteiger partial charge in [0.05, 0.1) is 24.0 Å². The molecule has 0 radical (unpaired) electrons. The second-order valence-corrected chi connectivity index (χ2v) is 6.93. The number of para-hydroxylation sites is 1. The minimum absolute atomic E-state index is 0.851. The van der Waals surface area contributed by atoms with Gasteiger partial charge in [0.25, 0.3) is 0 Å². The maximum Gasteiger partial charge on any atom is 0.195 e. The molecule has 4 aromatic rings. The minimum atomic E-state index is 0.851. The highest BCUT2D eigenvalue weighted by molar-refractivity contribution is 7.23. The second kappa shape index (κ2) is 5.60. The van der Waals surface area contributed by atoms with Crippen LogP contribution in [-0.4, -0.2) is 35.4 Å².